The van der Waals surface area contributed by atoms with Gasteiger partial charge in [0, 0.05) is 29.1 Å². The molecule has 3 heterocycles. The van der Waals surface area contributed by atoms with Gasteiger partial charge in [-0.05, 0) is 61.6 Å². The van der Waals surface area contributed by atoms with Gasteiger partial charge in [0.1, 0.15) is 23.8 Å². The number of nitrogens with zero attached hydrogens (tertiary/aromatic N) is 3. The molecule has 1 atom stereocenters. The van der Waals surface area contributed by atoms with E-state index in [0.29, 0.717) is 40.9 Å². The Morgan fingerprint density at radius 3 is 2.74 bits per heavy atom. The maximum atomic E-state index is 12.9. The van der Waals surface area contributed by atoms with Crippen molar-refractivity contribution in [3.05, 3.63) is 80.8 Å². The third-order valence-corrected chi connectivity index (χ3v) is 8.02. The van der Waals surface area contributed by atoms with Gasteiger partial charge < -0.3 is 14.4 Å². The van der Waals surface area contributed by atoms with E-state index in [2.05, 4.69) is 10.1 Å². The zero-order valence-electron chi connectivity index (χ0n) is 20.5. The van der Waals surface area contributed by atoms with Crippen LogP contribution in [0, 0.1) is 0 Å². The summed E-state index contributed by atoms with van der Waals surface area (Å²) in [7, 11) is 0. The number of carbonyl (C=O) groups is 2. The number of rotatable bonds is 7. The summed E-state index contributed by atoms with van der Waals surface area (Å²) in [5.41, 5.74) is 3.66. The lowest BCUT2D eigenvalue weighted by Crippen LogP contribution is -2.31. The van der Waals surface area contributed by atoms with E-state index in [1.54, 1.807) is 12.1 Å². The van der Waals surface area contributed by atoms with Crippen LogP contribution in [0.15, 0.2) is 52.2 Å². The number of benzene rings is 1. The van der Waals surface area contributed by atoms with E-state index in [4.69, 9.17) is 44.1 Å². The first-order chi connectivity index (χ1) is 18.8. The van der Waals surface area contributed by atoms with E-state index in [-0.39, 0.29) is 40.7 Å². The summed E-state index contributed by atoms with van der Waals surface area (Å²) >= 11 is 19.4. The van der Waals surface area contributed by atoms with Crippen molar-refractivity contribution in [2.75, 3.05) is 4.90 Å². The number of aromatic carboxylic acids is 1. The predicted octanol–water partition coefficient (Wildman–Crippen LogP) is 7.01. The molecule has 2 aromatic heterocycles. The maximum Gasteiger partial charge on any atom is 0.337 e. The highest BCUT2D eigenvalue weighted by Crippen LogP contribution is 2.46. The second kappa shape index (κ2) is 10.3. The largest absolute Gasteiger partial charge is 0.489 e. The van der Waals surface area contributed by atoms with Crippen LogP contribution in [0.25, 0.3) is 5.57 Å². The number of fused-ring (bicyclic) bond motifs is 1. The minimum atomic E-state index is -1.15. The van der Waals surface area contributed by atoms with Crippen LogP contribution in [0.2, 0.25) is 5.02 Å². The lowest BCUT2D eigenvalue weighted by atomic mass is 9.97. The van der Waals surface area contributed by atoms with Crippen LogP contribution < -0.4 is 9.64 Å². The Bertz CT molecular complexity index is 1560. The van der Waals surface area contributed by atoms with E-state index in [0.717, 1.165) is 35.3 Å². The van der Waals surface area contributed by atoms with Crippen molar-refractivity contribution in [3.8, 4) is 5.75 Å². The molecule has 6 rings (SSSR count). The SMILES string of the molecule is O=C(O)c1cnc(N2C(=O)CCc3cc(OCc4c(C5=C(Cl)C=CCC5Cl)noc4C4CC4)ccc32)c(Cl)c1. The number of carboxylic acids is 1. The number of carboxylic acid groups (broad SMARTS) is 1. The number of halogens is 3. The van der Waals surface area contributed by atoms with Gasteiger partial charge in [-0.1, -0.05) is 34.4 Å². The third kappa shape index (κ3) is 4.93. The topological polar surface area (TPSA) is 106 Å². The molecule has 200 valence electrons. The fourth-order valence-corrected chi connectivity index (χ4v) is 5.85. The third-order valence-electron chi connectivity index (χ3n) is 7.01. The maximum absolute atomic E-state index is 12.9. The number of allylic oxidation sites excluding steroid dienone is 4. The minimum Gasteiger partial charge on any atom is -0.489 e. The molecule has 0 radical (unpaired) electrons. The minimum absolute atomic E-state index is 0.0577. The number of aromatic nitrogens is 2. The Morgan fingerprint density at radius 1 is 1.21 bits per heavy atom. The van der Waals surface area contributed by atoms with E-state index in [1.807, 2.05) is 18.2 Å². The highest BCUT2D eigenvalue weighted by atomic mass is 35.5. The molecule has 1 unspecified atom stereocenters. The van der Waals surface area contributed by atoms with Crippen molar-refractivity contribution in [1.82, 2.24) is 10.1 Å². The van der Waals surface area contributed by atoms with Gasteiger partial charge in [0.05, 0.1) is 27.2 Å². The molecule has 8 nitrogen and oxygen atoms in total. The Kier molecular flexibility index (Phi) is 6.87. The molecule has 11 heteroatoms. The average Bonchev–Trinajstić information content (AvgIpc) is 3.67. The molecule has 1 aliphatic heterocycles. The first kappa shape index (κ1) is 25.9. The molecule has 39 heavy (non-hydrogen) atoms. The van der Waals surface area contributed by atoms with Crippen molar-refractivity contribution in [1.29, 1.82) is 0 Å². The van der Waals surface area contributed by atoms with Crippen molar-refractivity contribution in [2.45, 2.75) is 50.0 Å². The van der Waals surface area contributed by atoms with Crippen LogP contribution in [0.3, 0.4) is 0 Å². The quantitative estimate of drug-likeness (QED) is 0.297. The summed E-state index contributed by atoms with van der Waals surface area (Å²) in [6.07, 6.45) is 8.43. The zero-order valence-corrected chi connectivity index (χ0v) is 22.8. The number of amides is 1. The van der Waals surface area contributed by atoms with Gasteiger partial charge in [0.15, 0.2) is 5.82 Å². The van der Waals surface area contributed by atoms with E-state index < -0.39 is 5.97 Å². The predicted molar refractivity (Wildman–Crippen MR) is 147 cm³/mol. The van der Waals surface area contributed by atoms with Crippen LogP contribution in [0.4, 0.5) is 11.5 Å². The zero-order chi connectivity index (χ0) is 27.3. The highest BCUT2D eigenvalue weighted by Gasteiger charge is 2.35. The number of ether oxygens (including phenoxy) is 1. The van der Waals surface area contributed by atoms with Gasteiger partial charge in [-0.3, -0.25) is 9.69 Å². The lowest BCUT2D eigenvalue weighted by molar-refractivity contribution is -0.118. The van der Waals surface area contributed by atoms with Gasteiger partial charge in [0.25, 0.3) is 0 Å². The number of aryl methyl sites for hydroxylation is 1. The van der Waals surface area contributed by atoms with Crippen LogP contribution in [-0.4, -0.2) is 32.5 Å². The van der Waals surface area contributed by atoms with Crippen LogP contribution in [0.1, 0.15) is 64.5 Å². The first-order valence-electron chi connectivity index (χ1n) is 12.5. The fourth-order valence-electron chi connectivity index (χ4n) is 4.91. The fraction of sp³-hybridized carbons (Fsp3) is 0.286. The number of alkyl halides is 1. The summed E-state index contributed by atoms with van der Waals surface area (Å²) in [4.78, 5) is 29.7. The van der Waals surface area contributed by atoms with Crippen molar-refractivity contribution < 1.29 is 24.0 Å². The molecule has 1 aromatic carbocycles. The molecule has 0 bridgehead atoms. The molecule has 0 spiro atoms. The Balaban J connectivity index is 1.29. The van der Waals surface area contributed by atoms with Gasteiger partial charge in [-0.25, -0.2) is 9.78 Å². The molecule has 2 aliphatic carbocycles. The van der Waals surface area contributed by atoms with Crippen molar-refractivity contribution >= 4 is 63.8 Å². The first-order valence-corrected chi connectivity index (χ1v) is 13.7. The number of pyridine rings is 1. The average molecular weight is 587 g/mol. The summed E-state index contributed by atoms with van der Waals surface area (Å²) in [5, 5.41) is 13.9. The molecule has 1 fully saturated rings. The van der Waals surface area contributed by atoms with Crippen LogP contribution >= 0.6 is 34.8 Å². The number of carbonyl (C=O) groups excluding carboxylic acids is 1. The van der Waals surface area contributed by atoms with Crippen LogP contribution in [-0.2, 0) is 17.8 Å². The summed E-state index contributed by atoms with van der Waals surface area (Å²) in [6.45, 7) is 0.219. The number of hydrogen-bond donors (Lipinski definition) is 1. The smallest absolute Gasteiger partial charge is 0.337 e. The molecule has 3 aliphatic rings. The lowest BCUT2D eigenvalue weighted by Gasteiger charge is -2.29. The summed E-state index contributed by atoms with van der Waals surface area (Å²) < 4.78 is 12.0. The standard InChI is InChI=1S/C28H22Cl3N3O5/c29-19-2-1-3-20(30)24(19)25-18(26(39-33-25)14-4-5-14)13-38-17-7-8-22-15(10-17)6-9-23(35)34(22)27-21(31)11-16(12-32-27)28(36)37/h1-2,7-8,10-12,14,20H,3-6,9,13H2,(H,36,37). The van der Waals surface area contributed by atoms with Crippen molar-refractivity contribution in [2.24, 2.45) is 0 Å². The van der Waals surface area contributed by atoms with Gasteiger partial charge >= 0.3 is 5.97 Å². The Morgan fingerprint density at radius 2 is 2.03 bits per heavy atom. The molecular weight excluding hydrogens is 565 g/mol. The van der Waals surface area contributed by atoms with E-state index >= 15 is 0 Å². The van der Waals surface area contributed by atoms with Gasteiger partial charge in [0.2, 0.25) is 5.91 Å². The van der Waals surface area contributed by atoms with Crippen molar-refractivity contribution in [3.63, 3.8) is 0 Å². The Hall–Kier alpha value is -3.33. The van der Waals surface area contributed by atoms with Gasteiger partial charge in [-0.2, -0.15) is 0 Å². The number of hydrogen-bond acceptors (Lipinski definition) is 6. The molecular formula is C28H22Cl3N3O5. The summed E-state index contributed by atoms with van der Waals surface area (Å²) in [5.74, 6) is 0.587. The molecule has 3 aromatic rings. The second-order valence-corrected chi connectivity index (χ2v) is 11.0. The monoisotopic (exact) mass is 585 g/mol. The summed E-state index contributed by atoms with van der Waals surface area (Å²) in [6, 6.07) is 6.72. The molecule has 1 N–H and O–H groups in total. The van der Waals surface area contributed by atoms with Gasteiger partial charge in [-0.15, -0.1) is 11.6 Å². The molecule has 1 saturated carbocycles. The number of anilines is 2. The van der Waals surface area contributed by atoms with E-state index in [1.165, 1.54) is 17.2 Å². The van der Waals surface area contributed by atoms with E-state index in [9.17, 15) is 14.7 Å². The Labute approximate surface area is 238 Å². The normalized spacial score (nSPS) is 18.9. The molecule has 1 amide bonds. The highest BCUT2D eigenvalue weighted by molar-refractivity contribution is 6.38. The second-order valence-electron chi connectivity index (χ2n) is 9.66. The molecule has 0 saturated heterocycles. The van der Waals surface area contributed by atoms with Crippen LogP contribution in [0.5, 0.6) is 5.75 Å².